The Bertz CT molecular complexity index is 2300. The van der Waals surface area contributed by atoms with E-state index in [-0.39, 0.29) is 52.0 Å². The molecule has 1 heterocycles. The van der Waals surface area contributed by atoms with Crippen molar-refractivity contribution >= 4 is 51.6 Å². The summed E-state index contributed by atoms with van der Waals surface area (Å²) in [5.41, 5.74) is -4.32. The van der Waals surface area contributed by atoms with Crippen LogP contribution in [0, 0.1) is 0 Å². The number of benzene rings is 3. The third-order valence-electron chi connectivity index (χ3n) is 9.08. The number of hydrogen-bond donors (Lipinski definition) is 5. The SMILES string of the molecule is CC=CC=Cc1cc2c(Cl)c3c(c(O)c2c(=O)[nH]1)[C@@]1(CC3)C(=O)c2c(O)c3c(c(O)c2C1=O)C(=O)C(NCc1ccccc1)=CC3=O. The minimum absolute atomic E-state index is 0.0356. The molecule has 0 amide bonds. The standard InChI is InChI=1S/C36H25ClN2O8/c1-2-3-5-10-17-13-19-22(35(47)39-17)32(44)27-18(28(19)37)11-12-36(27)33(45)25-26(34(36)46)31(43)24-23(30(25)42)21(40)14-20(29(24)41)38-15-16-8-6-4-7-9-16/h2-10,13-14,38,42-44H,11-12,15H2,1H3,(H,39,47)/t36-/m0/s1. The van der Waals surface area contributed by atoms with Crippen molar-refractivity contribution in [2.75, 3.05) is 0 Å². The number of aromatic nitrogens is 1. The lowest BCUT2D eigenvalue weighted by Crippen LogP contribution is -2.36. The number of phenolic OH excluding ortho intramolecular Hbond substituents is 3. The molecule has 0 saturated carbocycles. The van der Waals surface area contributed by atoms with Gasteiger partial charge in [-0.05, 0) is 43.0 Å². The summed E-state index contributed by atoms with van der Waals surface area (Å²) in [6.45, 7) is 1.99. The number of pyridine rings is 1. The molecular formula is C36H25ClN2O8. The molecule has 0 aliphatic heterocycles. The highest BCUT2D eigenvalue weighted by Gasteiger charge is 2.62. The van der Waals surface area contributed by atoms with Gasteiger partial charge < -0.3 is 25.6 Å². The van der Waals surface area contributed by atoms with E-state index in [1.54, 1.807) is 54.6 Å². The highest BCUT2D eigenvalue weighted by molar-refractivity contribution is 6.41. The van der Waals surface area contributed by atoms with E-state index in [0.717, 1.165) is 11.6 Å². The molecule has 1 aromatic heterocycles. The minimum Gasteiger partial charge on any atom is -0.507 e. The predicted octanol–water partition coefficient (Wildman–Crippen LogP) is 5.20. The molecule has 4 aromatic rings. The summed E-state index contributed by atoms with van der Waals surface area (Å²) in [4.78, 5) is 71.4. The molecule has 0 unspecified atom stereocenters. The van der Waals surface area contributed by atoms with Crippen molar-refractivity contribution in [1.29, 1.82) is 0 Å². The lowest BCUT2D eigenvalue weighted by atomic mass is 9.76. The average molecular weight is 649 g/mol. The summed E-state index contributed by atoms with van der Waals surface area (Å²) in [7, 11) is 0. The Kier molecular flexibility index (Phi) is 6.80. The summed E-state index contributed by atoms with van der Waals surface area (Å²) < 4.78 is 0. The fraction of sp³-hybridized carbons (Fsp3) is 0.139. The Balaban J connectivity index is 1.37. The van der Waals surface area contributed by atoms with Crippen molar-refractivity contribution in [3.8, 4) is 17.2 Å². The lowest BCUT2D eigenvalue weighted by Gasteiger charge is -2.23. The summed E-state index contributed by atoms with van der Waals surface area (Å²) >= 11 is 6.80. The number of halogens is 1. The Hall–Kier alpha value is -5.74. The van der Waals surface area contributed by atoms with Crippen LogP contribution in [0.1, 0.15) is 77.2 Å². The fourth-order valence-corrected chi connectivity index (χ4v) is 7.30. The highest BCUT2D eigenvalue weighted by atomic mass is 35.5. The van der Waals surface area contributed by atoms with E-state index in [2.05, 4.69) is 10.3 Å². The van der Waals surface area contributed by atoms with Crippen molar-refractivity contribution in [3.05, 3.63) is 126 Å². The Morgan fingerprint density at radius 3 is 2.28 bits per heavy atom. The number of ketones is 4. The number of H-pyrrole nitrogens is 1. The van der Waals surface area contributed by atoms with Crippen molar-refractivity contribution in [2.45, 2.75) is 31.7 Å². The zero-order chi connectivity index (χ0) is 33.4. The summed E-state index contributed by atoms with van der Waals surface area (Å²) in [6, 6.07) is 10.6. The van der Waals surface area contributed by atoms with E-state index in [4.69, 9.17) is 11.6 Å². The van der Waals surface area contributed by atoms with Gasteiger partial charge in [-0.1, -0.05) is 60.2 Å². The molecule has 3 aliphatic rings. The van der Waals surface area contributed by atoms with Crippen LogP contribution in [-0.2, 0) is 18.4 Å². The molecule has 7 rings (SSSR count). The van der Waals surface area contributed by atoms with Crippen molar-refractivity contribution < 1.29 is 34.5 Å². The normalized spacial score (nSPS) is 18.5. The first kappa shape index (κ1) is 29.9. The first-order valence-electron chi connectivity index (χ1n) is 14.7. The van der Waals surface area contributed by atoms with Gasteiger partial charge in [0.1, 0.15) is 22.7 Å². The van der Waals surface area contributed by atoms with Gasteiger partial charge in [0.25, 0.3) is 5.56 Å². The van der Waals surface area contributed by atoms with E-state index in [1.807, 2.05) is 13.0 Å². The summed E-state index contributed by atoms with van der Waals surface area (Å²) in [5.74, 6) is -6.19. The van der Waals surface area contributed by atoms with Gasteiger partial charge in [0.15, 0.2) is 17.3 Å². The Morgan fingerprint density at radius 2 is 1.60 bits per heavy atom. The highest BCUT2D eigenvalue weighted by Crippen LogP contribution is 2.58. The molecule has 11 heteroatoms. The molecule has 3 aliphatic carbocycles. The Morgan fingerprint density at radius 1 is 0.915 bits per heavy atom. The smallest absolute Gasteiger partial charge is 0.260 e. The molecular weight excluding hydrogens is 624 g/mol. The number of nitrogens with one attached hydrogen (secondary N) is 2. The van der Waals surface area contributed by atoms with Crippen LogP contribution in [0.25, 0.3) is 16.8 Å². The van der Waals surface area contributed by atoms with Crippen LogP contribution in [0.2, 0.25) is 5.02 Å². The van der Waals surface area contributed by atoms with E-state index in [0.29, 0.717) is 5.69 Å². The largest absolute Gasteiger partial charge is 0.507 e. The molecule has 0 bridgehead atoms. The number of Topliss-reactive ketones (excluding diaryl/α,β-unsaturated/α-hetero) is 3. The van der Waals surface area contributed by atoms with E-state index >= 15 is 0 Å². The molecule has 1 spiro atoms. The maximum absolute atomic E-state index is 14.3. The number of fused-ring (bicyclic) bond motifs is 5. The number of rotatable bonds is 5. The average Bonchev–Trinajstić information content (AvgIpc) is 3.56. The van der Waals surface area contributed by atoms with Crippen LogP contribution in [0.4, 0.5) is 0 Å². The fourth-order valence-electron chi connectivity index (χ4n) is 6.96. The Labute approximate surface area is 271 Å². The lowest BCUT2D eigenvalue weighted by molar-refractivity contribution is 0.0790. The predicted molar refractivity (Wildman–Crippen MR) is 174 cm³/mol. The number of aromatic amines is 1. The number of hydrogen-bond acceptors (Lipinski definition) is 9. The molecule has 5 N–H and O–H groups in total. The van der Waals surface area contributed by atoms with Crippen LogP contribution in [-0.4, -0.2) is 43.4 Å². The number of allylic oxidation sites excluding steroid dienone is 5. The second kappa shape index (κ2) is 10.7. The molecule has 1 atom stereocenters. The third-order valence-corrected chi connectivity index (χ3v) is 9.51. The van der Waals surface area contributed by atoms with Gasteiger partial charge in [0, 0.05) is 29.3 Å². The zero-order valence-electron chi connectivity index (χ0n) is 24.7. The number of carbonyl (C=O) groups excluding carboxylic acids is 4. The molecule has 3 aromatic carbocycles. The maximum atomic E-state index is 14.3. The van der Waals surface area contributed by atoms with Crippen LogP contribution >= 0.6 is 11.6 Å². The van der Waals surface area contributed by atoms with Crippen LogP contribution < -0.4 is 10.9 Å². The second-order valence-corrected chi connectivity index (χ2v) is 12.0. The topological polar surface area (TPSA) is 174 Å². The number of aromatic hydroxyl groups is 3. The van der Waals surface area contributed by atoms with Crippen molar-refractivity contribution in [3.63, 3.8) is 0 Å². The number of carbonyl (C=O) groups is 4. The molecule has 10 nitrogen and oxygen atoms in total. The third kappa shape index (κ3) is 4.07. The van der Waals surface area contributed by atoms with Gasteiger partial charge in [0.05, 0.1) is 38.4 Å². The van der Waals surface area contributed by atoms with Crippen LogP contribution in [0.15, 0.2) is 71.2 Å². The molecule has 0 radical (unpaired) electrons. The first-order chi connectivity index (χ1) is 22.5. The van der Waals surface area contributed by atoms with E-state index < -0.39 is 73.6 Å². The van der Waals surface area contributed by atoms with E-state index in [1.165, 1.54) is 0 Å². The van der Waals surface area contributed by atoms with Gasteiger partial charge in [-0.15, -0.1) is 0 Å². The van der Waals surface area contributed by atoms with Gasteiger partial charge in [-0.25, -0.2) is 0 Å². The van der Waals surface area contributed by atoms with Gasteiger partial charge in [0.2, 0.25) is 5.78 Å². The molecule has 47 heavy (non-hydrogen) atoms. The maximum Gasteiger partial charge on any atom is 0.260 e. The van der Waals surface area contributed by atoms with Gasteiger partial charge >= 0.3 is 0 Å². The van der Waals surface area contributed by atoms with Crippen molar-refractivity contribution in [1.82, 2.24) is 10.3 Å². The monoisotopic (exact) mass is 648 g/mol. The van der Waals surface area contributed by atoms with E-state index in [9.17, 15) is 39.3 Å². The summed E-state index contributed by atoms with van der Waals surface area (Å²) in [5, 5.41) is 37.3. The zero-order valence-corrected chi connectivity index (χ0v) is 25.5. The number of phenols is 3. The molecule has 234 valence electrons. The van der Waals surface area contributed by atoms with Crippen molar-refractivity contribution in [2.24, 2.45) is 0 Å². The molecule has 0 saturated heterocycles. The van der Waals surface area contributed by atoms with Gasteiger partial charge in [-0.3, -0.25) is 24.0 Å². The van der Waals surface area contributed by atoms with Crippen LogP contribution in [0.5, 0.6) is 17.2 Å². The molecule has 0 fully saturated rings. The second-order valence-electron chi connectivity index (χ2n) is 11.6. The van der Waals surface area contributed by atoms with Crippen LogP contribution in [0.3, 0.4) is 0 Å². The van der Waals surface area contributed by atoms with Gasteiger partial charge in [-0.2, -0.15) is 0 Å². The first-order valence-corrected chi connectivity index (χ1v) is 15.1. The quantitative estimate of drug-likeness (QED) is 0.111. The minimum atomic E-state index is -2.18. The summed E-state index contributed by atoms with van der Waals surface area (Å²) in [6.07, 6.45) is 7.68.